The Morgan fingerprint density at radius 2 is 1.88 bits per heavy atom. The van der Waals surface area contributed by atoms with Gasteiger partial charge in [-0.05, 0) is 80.1 Å². The van der Waals surface area contributed by atoms with Crippen molar-refractivity contribution in [3.05, 3.63) is 35.5 Å². The van der Waals surface area contributed by atoms with Crippen LogP contribution in [0.4, 0.5) is 13.2 Å². The van der Waals surface area contributed by atoms with Crippen LogP contribution in [0.1, 0.15) is 65.2 Å². The molecule has 2 N–H and O–H groups in total. The fraction of sp³-hybridized carbons (Fsp3) is 0.778. The zero-order valence-electron chi connectivity index (χ0n) is 20.5. The molecule has 1 saturated heterocycles. The molecule has 3 aliphatic carbocycles. The largest absolute Gasteiger partial charge is 0.522 e. The lowest BCUT2D eigenvalue weighted by Gasteiger charge is -2.45. The van der Waals surface area contributed by atoms with Crippen molar-refractivity contribution < 1.29 is 28.1 Å². The Labute approximate surface area is 201 Å². The summed E-state index contributed by atoms with van der Waals surface area (Å²) < 4.78 is 42.0. The van der Waals surface area contributed by atoms with Crippen LogP contribution in [0.15, 0.2) is 35.5 Å². The van der Waals surface area contributed by atoms with Gasteiger partial charge in [-0.15, -0.1) is 13.2 Å². The summed E-state index contributed by atoms with van der Waals surface area (Å²) in [7, 11) is 0. The molecule has 0 radical (unpaired) electrons. The lowest BCUT2D eigenvalue weighted by atomic mass is 9.61. The van der Waals surface area contributed by atoms with Crippen molar-refractivity contribution in [2.45, 2.75) is 89.9 Å². The van der Waals surface area contributed by atoms with Gasteiger partial charge in [-0.2, -0.15) is 0 Å². The van der Waals surface area contributed by atoms with E-state index in [2.05, 4.69) is 42.2 Å². The molecule has 34 heavy (non-hydrogen) atoms. The lowest BCUT2D eigenvalue weighted by Crippen LogP contribution is -2.39. The van der Waals surface area contributed by atoms with Crippen molar-refractivity contribution in [2.75, 3.05) is 19.6 Å². The first kappa shape index (κ1) is 25.9. The third-order valence-corrected chi connectivity index (χ3v) is 9.10. The Morgan fingerprint density at radius 1 is 1.18 bits per heavy atom. The van der Waals surface area contributed by atoms with E-state index in [0.717, 1.165) is 37.8 Å². The smallest absolute Gasteiger partial charge is 0.388 e. The first-order chi connectivity index (χ1) is 16.0. The maximum absolute atomic E-state index is 12.6. The fourth-order valence-electron chi connectivity index (χ4n) is 7.42. The number of hydrogen-bond acceptors (Lipinski definition) is 4. The van der Waals surface area contributed by atoms with Gasteiger partial charge in [0.1, 0.15) is 0 Å². The number of ether oxygens (including phenoxy) is 1. The number of aliphatic hydroxyl groups excluding tert-OH is 2. The van der Waals surface area contributed by atoms with Gasteiger partial charge in [0.05, 0.1) is 18.3 Å². The number of halogens is 3. The van der Waals surface area contributed by atoms with E-state index >= 15 is 0 Å². The van der Waals surface area contributed by atoms with Crippen LogP contribution in [0, 0.1) is 23.2 Å². The zero-order valence-corrected chi connectivity index (χ0v) is 20.5. The van der Waals surface area contributed by atoms with E-state index in [4.69, 9.17) is 0 Å². The molecule has 0 amide bonds. The highest BCUT2D eigenvalue weighted by Gasteiger charge is 2.51. The lowest BCUT2D eigenvalue weighted by molar-refractivity contribution is -0.340. The first-order valence-corrected chi connectivity index (χ1v) is 12.9. The maximum Gasteiger partial charge on any atom is 0.522 e. The number of rotatable bonds is 5. The molecule has 192 valence electrons. The predicted octanol–water partition coefficient (Wildman–Crippen LogP) is 5.37. The molecule has 3 saturated carbocycles. The molecule has 1 unspecified atom stereocenters. The molecule has 4 nitrogen and oxygen atoms in total. The van der Waals surface area contributed by atoms with Gasteiger partial charge < -0.3 is 15.1 Å². The molecule has 0 aromatic heterocycles. The maximum atomic E-state index is 12.6. The van der Waals surface area contributed by atoms with E-state index in [1.807, 2.05) is 0 Å². The number of alkyl halides is 3. The summed E-state index contributed by atoms with van der Waals surface area (Å²) in [6.45, 7) is 10.3. The highest BCUT2D eigenvalue weighted by atomic mass is 19.4. The van der Waals surface area contributed by atoms with E-state index < -0.39 is 24.7 Å². The summed E-state index contributed by atoms with van der Waals surface area (Å²) >= 11 is 0. The Morgan fingerprint density at radius 3 is 2.56 bits per heavy atom. The van der Waals surface area contributed by atoms with E-state index in [9.17, 15) is 23.4 Å². The standard InChI is InChI=1S/C27H40F3NO3/c1-17(15-31-12-10-21(16-31)34-27(28,29)30)22-8-9-23-20(5-4-11-26(22,23)3)7-6-19-13-24(32)18(2)25(33)14-19/h6-7,17,21-25,32-33H,2,4-5,8-16H2,1,3H3/b19-6?,20-7+/t17?,21-,22-,23+,24-,25+,26-/m1/s1. The Bertz CT molecular complexity index is 806. The number of likely N-dealkylation sites (tertiary alicyclic amines) is 1. The van der Waals surface area contributed by atoms with E-state index in [1.165, 1.54) is 12.0 Å². The minimum Gasteiger partial charge on any atom is -0.388 e. The number of nitrogens with zero attached hydrogens (tertiary/aromatic N) is 1. The number of aliphatic hydroxyl groups is 2. The van der Waals surface area contributed by atoms with Crippen molar-refractivity contribution in [3.63, 3.8) is 0 Å². The monoisotopic (exact) mass is 483 g/mol. The summed E-state index contributed by atoms with van der Waals surface area (Å²) in [6.07, 6.45) is 4.97. The highest BCUT2D eigenvalue weighted by molar-refractivity contribution is 5.29. The van der Waals surface area contributed by atoms with Crippen LogP contribution in [0.5, 0.6) is 0 Å². The number of hydrogen-bond donors (Lipinski definition) is 2. The number of fused-ring (bicyclic) bond motifs is 1. The molecule has 7 heteroatoms. The van der Waals surface area contributed by atoms with E-state index in [1.54, 1.807) is 0 Å². The van der Waals surface area contributed by atoms with Gasteiger partial charge in [0, 0.05) is 19.6 Å². The second-order valence-electron chi connectivity index (χ2n) is 11.4. The average Bonchev–Trinajstić information content (AvgIpc) is 3.32. The first-order valence-electron chi connectivity index (χ1n) is 12.9. The minimum absolute atomic E-state index is 0.212. The van der Waals surface area contributed by atoms with Gasteiger partial charge in [-0.25, -0.2) is 0 Å². The Balaban J connectivity index is 1.39. The summed E-state index contributed by atoms with van der Waals surface area (Å²) in [5.41, 5.74) is 3.27. The van der Waals surface area contributed by atoms with Crippen LogP contribution in [0.2, 0.25) is 0 Å². The third kappa shape index (κ3) is 5.63. The summed E-state index contributed by atoms with van der Waals surface area (Å²) in [5, 5.41) is 20.3. The Kier molecular flexibility index (Phi) is 7.68. The van der Waals surface area contributed by atoms with Crippen molar-refractivity contribution in [1.29, 1.82) is 0 Å². The van der Waals surface area contributed by atoms with Gasteiger partial charge in [0.25, 0.3) is 0 Å². The van der Waals surface area contributed by atoms with Crippen LogP contribution in [0.25, 0.3) is 0 Å². The van der Waals surface area contributed by atoms with Crippen molar-refractivity contribution in [2.24, 2.45) is 23.2 Å². The molecule has 0 aromatic carbocycles. The van der Waals surface area contributed by atoms with Crippen LogP contribution in [-0.4, -0.2) is 59.4 Å². The molecule has 4 aliphatic rings. The molecule has 4 rings (SSSR count). The van der Waals surface area contributed by atoms with Gasteiger partial charge in [0.15, 0.2) is 0 Å². The topological polar surface area (TPSA) is 52.9 Å². The molecule has 0 spiro atoms. The quantitative estimate of drug-likeness (QED) is 0.516. The summed E-state index contributed by atoms with van der Waals surface area (Å²) in [6, 6.07) is 0. The molecular formula is C27H40F3NO3. The SMILES string of the molecule is C=C1[C@H](O)CC(=C/C=C2\CCC[C@]3(C)[C@@H](C(C)CN4CC[C@@H](OC(F)(F)F)C4)CC[C@@H]23)C[C@@H]1O. The van der Waals surface area contributed by atoms with Crippen LogP contribution in [-0.2, 0) is 4.74 Å². The zero-order chi connectivity index (χ0) is 24.7. The summed E-state index contributed by atoms with van der Waals surface area (Å²) in [4.78, 5) is 2.15. The Hall–Kier alpha value is -1.15. The van der Waals surface area contributed by atoms with Crippen molar-refractivity contribution in [3.8, 4) is 0 Å². The predicted molar refractivity (Wildman–Crippen MR) is 126 cm³/mol. The molecule has 1 heterocycles. The van der Waals surface area contributed by atoms with Gasteiger partial charge in [-0.3, -0.25) is 4.74 Å². The minimum atomic E-state index is -4.56. The van der Waals surface area contributed by atoms with Crippen molar-refractivity contribution >= 4 is 0 Å². The third-order valence-electron chi connectivity index (χ3n) is 9.10. The fourth-order valence-corrected chi connectivity index (χ4v) is 7.42. The normalized spacial score (nSPS) is 40.8. The average molecular weight is 484 g/mol. The van der Waals surface area contributed by atoms with Gasteiger partial charge >= 0.3 is 6.36 Å². The molecular weight excluding hydrogens is 443 g/mol. The van der Waals surface area contributed by atoms with Crippen LogP contribution >= 0.6 is 0 Å². The highest BCUT2D eigenvalue weighted by Crippen LogP contribution is 2.59. The molecule has 0 aromatic rings. The van der Waals surface area contributed by atoms with Crippen LogP contribution in [0.3, 0.4) is 0 Å². The van der Waals surface area contributed by atoms with E-state index in [-0.39, 0.29) is 5.41 Å². The van der Waals surface area contributed by atoms with Crippen molar-refractivity contribution in [1.82, 2.24) is 4.90 Å². The molecule has 0 bridgehead atoms. The second kappa shape index (κ2) is 10.1. The number of allylic oxidation sites excluding steroid dienone is 3. The van der Waals surface area contributed by atoms with E-state index in [0.29, 0.717) is 55.7 Å². The molecule has 4 fully saturated rings. The van der Waals surface area contributed by atoms with Crippen LogP contribution < -0.4 is 0 Å². The summed E-state index contributed by atoms with van der Waals surface area (Å²) in [5.74, 6) is 1.50. The van der Waals surface area contributed by atoms with Gasteiger partial charge in [-0.1, -0.05) is 43.7 Å². The molecule has 1 aliphatic heterocycles. The molecule has 7 atom stereocenters. The van der Waals surface area contributed by atoms with Gasteiger partial charge in [0.2, 0.25) is 0 Å². The second-order valence-corrected chi connectivity index (χ2v) is 11.4.